The summed E-state index contributed by atoms with van der Waals surface area (Å²) in [7, 11) is 0. The van der Waals surface area contributed by atoms with Crippen molar-refractivity contribution in [1.29, 1.82) is 0 Å². The molecule has 4 rings (SSSR count). The van der Waals surface area contributed by atoms with Crippen LogP contribution in [-0.2, 0) is 0 Å². The van der Waals surface area contributed by atoms with Crippen LogP contribution in [0, 0.1) is 18.2 Å². The molecule has 130 valence electrons. The number of likely N-dealkylation sites (tertiary alicyclic amines) is 1. The molecule has 0 spiro atoms. The minimum absolute atomic E-state index is 0.0684. The maximum Gasteiger partial charge on any atom is 0.244 e. The lowest BCUT2D eigenvalue weighted by molar-refractivity contribution is 0.228. The van der Waals surface area contributed by atoms with Crippen molar-refractivity contribution in [2.75, 3.05) is 13.1 Å². The van der Waals surface area contributed by atoms with Gasteiger partial charge in [0.2, 0.25) is 11.7 Å². The summed E-state index contributed by atoms with van der Waals surface area (Å²) in [5.74, 6) is 3.41. The Labute approximate surface area is 150 Å². The average Bonchev–Trinajstić information content (AvgIpc) is 3.31. The first kappa shape index (κ1) is 16.4. The largest absolute Gasteiger partial charge is 0.337 e. The van der Waals surface area contributed by atoms with Crippen molar-refractivity contribution in [3.05, 3.63) is 54.3 Å². The van der Waals surface area contributed by atoms with Crippen molar-refractivity contribution in [1.82, 2.24) is 20.0 Å². The van der Waals surface area contributed by atoms with E-state index in [1.54, 1.807) is 12.3 Å². The van der Waals surface area contributed by atoms with Crippen molar-refractivity contribution >= 4 is 0 Å². The van der Waals surface area contributed by atoms with Gasteiger partial charge < -0.3 is 4.52 Å². The Morgan fingerprint density at radius 2 is 2.19 bits per heavy atom. The van der Waals surface area contributed by atoms with E-state index >= 15 is 0 Å². The molecule has 1 atom stereocenters. The first-order valence-corrected chi connectivity index (χ1v) is 8.48. The smallest absolute Gasteiger partial charge is 0.244 e. The van der Waals surface area contributed by atoms with E-state index in [1.165, 1.54) is 12.1 Å². The van der Waals surface area contributed by atoms with Gasteiger partial charge in [0.1, 0.15) is 11.5 Å². The van der Waals surface area contributed by atoms with Crippen LogP contribution < -0.4 is 0 Å². The van der Waals surface area contributed by atoms with Gasteiger partial charge in [-0.15, -0.1) is 6.42 Å². The zero-order valence-electron chi connectivity index (χ0n) is 14.1. The second kappa shape index (κ2) is 7.06. The molecule has 3 heterocycles. The third kappa shape index (κ3) is 3.22. The fraction of sp³-hybridized carbons (Fsp3) is 0.250. The second-order valence-corrected chi connectivity index (χ2v) is 6.23. The molecule has 0 N–H and O–H groups in total. The van der Waals surface area contributed by atoms with Gasteiger partial charge in [-0.25, -0.2) is 4.39 Å². The molecular weight excluding hydrogens is 331 g/mol. The molecule has 0 saturated carbocycles. The van der Waals surface area contributed by atoms with Gasteiger partial charge in [0, 0.05) is 11.8 Å². The van der Waals surface area contributed by atoms with E-state index in [0.29, 0.717) is 24.0 Å². The van der Waals surface area contributed by atoms with E-state index in [2.05, 4.69) is 25.9 Å². The number of benzene rings is 1. The zero-order valence-corrected chi connectivity index (χ0v) is 14.1. The fourth-order valence-electron chi connectivity index (χ4n) is 3.25. The summed E-state index contributed by atoms with van der Waals surface area (Å²) in [5.41, 5.74) is 2.21. The van der Waals surface area contributed by atoms with Crippen LogP contribution in [0.1, 0.15) is 24.8 Å². The molecule has 0 aliphatic carbocycles. The summed E-state index contributed by atoms with van der Waals surface area (Å²) in [6.07, 6.45) is 9.12. The molecule has 2 aromatic heterocycles. The molecule has 1 saturated heterocycles. The summed E-state index contributed by atoms with van der Waals surface area (Å²) in [4.78, 5) is 11.1. The lowest BCUT2D eigenvalue weighted by Crippen LogP contribution is -2.23. The monoisotopic (exact) mass is 348 g/mol. The SMILES string of the molecule is C#CCN1CCCC1c1nc(-c2ccc(-c3cccc(F)c3)cn2)no1. The molecule has 1 fully saturated rings. The van der Waals surface area contributed by atoms with Crippen LogP contribution in [0.2, 0.25) is 0 Å². The highest BCUT2D eigenvalue weighted by Gasteiger charge is 2.30. The number of halogens is 1. The Morgan fingerprint density at radius 1 is 1.27 bits per heavy atom. The van der Waals surface area contributed by atoms with Crippen LogP contribution in [0.15, 0.2) is 47.1 Å². The van der Waals surface area contributed by atoms with Crippen molar-refractivity contribution in [2.45, 2.75) is 18.9 Å². The third-order valence-electron chi connectivity index (χ3n) is 4.54. The Morgan fingerprint density at radius 3 is 2.96 bits per heavy atom. The highest BCUT2D eigenvalue weighted by atomic mass is 19.1. The van der Waals surface area contributed by atoms with Crippen LogP contribution in [0.4, 0.5) is 4.39 Å². The quantitative estimate of drug-likeness (QED) is 0.673. The van der Waals surface area contributed by atoms with Gasteiger partial charge in [-0.2, -0.15) is 4.98 Å². The summed E-state index contributed by atoms with van der Waals surface area (Å²) in [5, 5.41) is 4.06. The molecule has 1 aliphatic rings. The first-order valence-electron chi connectivity index (χ1n) is 8.48. The highest BCUT2D eigenvalue weighted by molar-refractivity contribution is 5.64. The predicted octanol–water partition coefficient (Wildman–Crippen LogP) is 3.71. The van der Waals surface area contributed by atoms with Crippen molar-refractivity contribution < 1.29 is 8.91 Å². The molecule has 1 unspecified atom stereocenters. The van der Waals surface area contributed by atoms with Gasteiger partial charge in [-0.3, -0.25) is 9.88 Å². The van der Waals surface area contributed by atoms with Crippen molar-refractivity contribution in [3.63, 3.8) is 0 Å². The van der Waals surface area contributed by atoms with E-state index in [-0.39, 0.29) is 11.9 Å². The fourth-order valence-corrected chi connectivity index (χ4v) is 3.25. The molecule has 6 heteroatoms. The number of terminal acetylenes is 1. The predicted molar refractivity (Wildman–Crippen MR) is 95.3 cm³/mol. The van der Waals surface area contributed by atoms with E-state index < -0.39 is 0 Å². The molecule has 0 radical (unpaired) electrons. The Balaban J connectivity index is 1.55. The number of nitrogens with zero attached hydrogens (tertiary/aromatic N) is 4. The van der Waals surface area contributed by atoms with Crippen LogP contribution in [-0.4, -0.2) is 33.1 Å². The number of hydrogen-bond donors (Lipinski definition) is 0. The van der Waals surface area contributed by atoms with E-state index in [4.69, 9.17) is 10.9 Å². The van der Waals surface area contributed by atoms with Crippen LogP contribution in [0.5, 0.6) is 0 Å². The third-order valence-corrected chi connectivity index (χ3v) is 4.54. The topological polar surface area (TPSA) is 55.1 Å². The molecule has 26 heavy (non-hydrogen) atoms. The van der Waals surface area contributed by atoms with Crippen LogP contribution in [0.25, 0.3) is 22.6 Å². The van der Waals surface area contributed by atoms with Gasteiger partial charge in [-0.05, 0) is 43.1 Å². The normalized spacial score (nSPS) is 17.3. The molecule has 3 aromatic rings. The summed E-state index contributed by atoms with van der Waals surface area (Å²) < 4.78 is 18.8. The van der Waals surface area contributed by atoms with Gasteiger partial charge in [0.05, 0.1) is 12.6 Å². The maximum atomic E-state index is 13.4. The molecule has 0 amide bonds. The first-order chi connectivity index (χ1) is 12.7. The zero-order chi connectivity index (χ0) is 17.9. The molecular formula is C20H17FN4O. The molecule has 5 nitrogen and oxygen atoms in total. The minimum atomic E-state index is -0.275. The average molecular weight is 348 g/mol. The lowest BCUT2D eigenvalue weighted by atomic mass is 10.1. The van der Waals surface area contributed by atoms with Gasteiger partial charge >= 0.3 is 0 Å². The maximum absolute atomic E-state index is 13.4. The van der Waals surface area contributed by atoms with E-state index in [0.717, 1.165) is 30.5 Å². The Bertz CT molecular complexity index is 945. The molecule has 1 aliphatic heterocycles. The van der Waals surface area contributed by atoms with Crippen molar-refractivity contribution in [3.8, 4) is 35.0 Å². The summed E-state index contributed by atoms with van der Waals surface area (Å²) in [6, 6.07) is 10.1. The van der Waals surface area contributed by atoms with Gasteiger partial charge in [0.25, 0.3) is 0 Å². The second-order valence-electron chi connectivity index (χ2n) is 6.23. The summed E-state index contributed by atoms with van der Waals surface area (Å²) >= 11 is 0. The number of hydrogen-bond acceptors (Lipinski definition) is 5. The van der Waals surface area contributed by atoms with E-state index in [1.807, 2.05) is 18.2 Å². The van der Waals surface area contributed by atoms with Crippen molar-refractivity contribution in [2.24, 2.45) is 0 Å². The standard InChI is InChI=1S/C20H17FN4O/c1-2-10-25-11-4-7-18(25)20-23-19(24-26-20)17-9-8-15(13-22-17)14-5-3-6-16(21)12-14/h1,3,5-6,8-9,12-13,18H,4,7,10-11H2. The Kier molecular flexibility index (Phi) is 4.46. The summed E-state index contributed by atoms with van der Waals surface area (Å²) in [6.45, 7) is 1.51. The van der Waals surface area contributed by atoms with Crippen LogP contribution >= 0.6 is 0 Å². The lowest BCUT2D eigenvalue weighted by Gasteiger charge is -2.17. The highest BCUT2D eigenvalue weighted by Crippen LogP contribution is 2.31. The van der Waals surface area contributed by atoms with E-state index in [9.17, 15) is 4.39 Å². The number of aromatic nitrogens is 3. The number of rotatable bonds is 4. The Hall–Kier alpha value is -3.04. The van der Waals surface area contributed by atoms with Gasteiger partial charge in [0.15, 0.2) is 0 Å². The molecule has 0 bridgehead atoms. The molecule has 1 aromatic carbocycles. The minimum Gasteiger partial charge on any atom is -0.337 e. The van der Waals surface area contributed by atoms with Gasteiger partial charge in [-0.1, -0.05) is 29.3 Å². The number of pyridine rings is 1. The van der Waals surface area contributed by atoms with Crippen LogP contribution in [0.3, 0.4) is 0 Å².